The van der Waals surface area contributed by atoms with Crippen molar-refractivity contribution in [1.29, 1.82) is 0 Å². The van der Waals surface area contributed by atoms with Gasteiger partial charge in [-0.1, -0.05) is 57.7 Å². The SMILES string of the molecule is CCCCCC(C)NC(=O)C(NC(=O)c1cccc(C)c1)C(C)C. The van der Waals surface area contributed by atoms with Crippen molar-refractivity contribution >= 4 is 11.8 Å². The molecule has 0 bridgehead atoms. The van der Waals surface area contributed by atoms with Crippen molar-refractivity contribution in [3.05, 3.63) is 35.4 Å². The molecule has 0 saturated carbocycles. The first-order valence-electron chi connectivity index (χ1n) is 9.03. The lowest BCUT2D eigenvalue weighted by Crippen LogP contribution is -2.51. The second-order valence-electron chi connectivity index (χ2n) is 6.97. The average Bonchev–Trinajstić information content (AvgIpc) is 2.52. The molecule has 134 valence electrons. The number of aryl methyl sites for hydroxylation is 1. The standard InChI is InChI=1S/C20H32N2O2/c1-6-7-8-11-16(5)21-20(24)18(14(2)3)22-19(23)17-12-9-10-15(4)13-17/h9-10,12-14,16,18H,6-8,11H2,1-5H3,(H,21,24)(H,22,23). The van der Waals surface area contributed by atoms with Crippen LogP contribution in [-0.2, 0) is 4.79 Å². The fourth-order valence-corrected chi connectivity index (χ4v) is 2.65. The van der Waals surface area contributed by atoms with Crippen molar-refractivity contribution in [2.45, 2.75) is 72.4 Å². The lowest BCUT2D eigenvalue weighted by atomic mass is 10.0. The first-order valence-corrected chi connectivity index (χ1v) is 9.03. The Balaban J connectivity index is 2.65. The van der Waals surface area contributed by atoms with Crippen LogP contribution in [0.3, 0.4) is 0 Å². The van der Waals surface area contributed by atoms with E-state index in [0.717, 1.165) is 18.4 Å². The average molecular weight is 332 g/mol. The van der Waals surface area contributed by atoms with Gasteiger partial charge in [0.25, 0.3) is 5.91 Å². The number of carbonyl (C=O) groups excluding carboxylic acids is 2. The van der Waals surface area contributed by atoms with Crippen molar-refractivity contribution in [2.75, 3.05) is 0 Å². The largest absolute Gasteiger partial charge is 0.352 e. The van der Waals surface area contributed by atoms with Crippen molar-refractivity contribution < 1.29 is 9.59 Å². The maximum absolute atomic E-state index is 12.5. The van der Waals surface area contributed by atoms with Crippen LogP contribution in [0.2, 0.25) is 0 Å². The molecule has 0 aromatic heterocycles. The van der Waals surface area contributed by atoms with Gasteiger partial charge in [-0.2, -0.15) is 0 Å². The Morgan fingerprint density at radius 1 is 1.08 bits per heavy atom. The maximum atomic E-state index is 12.5. The third-order valence-electron chi connectivity index (χ3n) is 4.15. The van der Waals surface area contributed by atoms with E-state index in [-0.39, 0.29) is 23.8 Å². The zero-order valence-corrected chi connectivity index (χ0v) is 15.7. The molecule has 2 unspecified atom stereocenters. The Hall–Kier alpha value is -1.84. The topological polar surface area (TPSA) is 58.2 Å². The minimum absolute atomic E-state index is 0.0293. The predicted molar refractivity (Wildman–Crippen MR) is 99.0 cm³/mol. The number of unbranched alkanes of at least 4 members (excludes halogenated alkanes) is 2. The van der Waals surface area contributed by atoms with Gasteiger partial charge in [0.2, 0.25) is 5.91 Å². The highest BCUT2D eigenvalue weighted by Crippen LogP contribution is 2.09. The van der Waals surface area contributed by atoms with Crippen LogP contribution in [0, 0.1) is 12.8 Å². The van der Waals surface area contributed by atoms with E-state index in [1.165, 1.54) is 12.8 Å². The van der Waals surface area contributed by atoms with Gasteiger partial charge in [0, 0.05) is 11.6 Å². The van der Waals surface area contributed by atoms with Crippen LogP contribution in [0.25, 0.3) is 0 Å². The Morgan fingerprint density at radius 3 is 2.38 bits per heavy atom. The van der Waals surface area contributed by atoms with Crippen LogP contribution in [0.5, 0.6) is 0 Å². The van der Waals surface area contributed by atoms with Gasteiger partial charge in [-0.05, 0) is 38.3 Å². The first-order chi connectivity index (χ1) is 11.3. The molecule has 0 saturated heterocycles. The lowest BCUT2D eigenvalue weighted by molar-refractivity contribution is -0.124. The molecule has 0 spiro atoms. The van der Waals surface area contributed by atoms with Crippen molar-refractivity contribution in [2.24, 2.45) is 5.92 Å². The number of amides is 2. The third-order valence-corrected chi connectivity index (χ3v) is 4.15. The first kappa shape index (κ1) is 20.2. The number of benzene rings is 1. The second-order valence-corrected chi connectivity index (χ2v) is 6.97. The number of rotatable bonds is 9. The van der Waals surface area contributed by atoms with Gasteiger partial charge < -0.3 is 10.6 Å². The minimum atomic E-state index is -0.522. The summed E-state index contributed by atoms with van der Waals surface area (Å²) in [5.41, 5.74) is 1.61. The van der Waals surface area contributed by atoms with E-state index in [1.807, 2.05) is 45.9 Å². The Bertz CT molecular complexity index is 540. The number of nitrogens with one attached hydrogen (secondary N) is 2. The van der Waals surface area contributed by atoms with Crippen LogP contribution in [0.1, 0.15) is 69.3 Å². The van der Waals surface area contributed by atoms with Crippen LogP contribution < -0.4 is 10.6 Å². The molecule has 2 N–H and O–H groups in total. The second kappa shape index (κ2) is 10.1. The third kappa shape index (κ3) is 6.73. The van der Waals surface area contributed by atoms with Gasteiger partial charge in [0.15, 0.2) is 0 Å². The zero-order valence-electron chi connectivity index (χ0n) is 15.7. The summed E-state index contributed by atoms with van der Waals surface area (Å²) in [5, 5.41) is 5.92. The quantitative estimate of drug-likeness (QED) is 0.675. The molecule has 1 aromatic carbocycles. The number of hydrogen-bond acceptors (Lipinski definition) is 2. The Labute approximate surface area is 146 Å². The van der Waals surface area contributed by atoms with E-state index in [1.54, 1.807) is 6.07 Å². The molecular formula is C20H32N2O2. The molecule has 0 heterocycles. The summed E-state index contributed by atoms with van der Waals surface area (Å²) in [6.07, 6.45) is 4.43. The maximum Gasteiger partial charge on any atom is 0.251 e. The monoisotopic (exact) mass is 332 g/mol. The minimum Gasteiger partial charge on any atom is -0.352 e. The molecule has 4 heteroatoms. The molecule has 2 amide bonds. The highest BCUT2D eigenvalue weighted by atomic mass is 16.2. The molecule has 0 aliphatic heterocycles. The molecule has 0 radical (unpaired) electrons. The van der Waals surface area contributed by atoms with E-state index in [9.17, 15) is 9.59 Å². The van der Waals surface area contributed by atoms with E-state index in [0.29, 0.717) is 5.56 Å². The summed E-state index contributed by atoms with van der Waals surface area (Å²) < 4.78 is 0. The van der Waals surface area contributed by atoms with Gasteiger partial charge in [-0.3, -0.25) is 9.59 Å². The van der Waals surface area contributed by atoms with E-state index in [4.69, 9.17) is 0 Å². The predicted octanol–water partition coefficient (Wildman–Crippen LogP) is 3.83. The zero-order chi connectivity index (χ0) is 18.1. The lowest BCUT2D eigenvalue weighted by Gasteiger charge is -2.24. The van der Waals surface area contributed by atoms with Crippen molar-refractivity contribution in [3.63, 3.8) is 0 Å². The summed E-state index contributed by atoms with van der Waals surface area (Å²) >= 11 is 0. The smallest absolute Gasteiger partial charge is 0.251 e. The van der Waals surface area contributed by atoms with E-state index in [2.05, 4.69) is 17.6 Å². The fraction of sp³-hybridized carbons (Fsp3) is 0.600. The molecule has 24 heavy (non-hydrogen) atoms. The molecule has 0 fully saturated rings. The highest BCUT2D eigenvalue weighted by Gasteiger charge is 2.25. The summed E-state index contributed by atoms with van der Waals surface area (Å²) in [6.45, 7) is 10.0. The summed E-state index contributed by atoms with van der Waals surface area (Å²) in [5.74, 6) is -0.275. The fourth-order valence-electron chi connectivity index (χ4n) is 2.65. The molecule has 4 nitrogen and oxygen atoms in total. The van der Waals surface area contributed by atoms with E-state index < -0.39 is 6.04 Å². The summed E-state index contributed by atoms with van der Waals surface area (Å²) in [4.78, 5) is 25.0. The van der Waals surface area contributed by atoms with Crippen molar-refractivity contribution in [1.82, 2.24) is 10.6 Å². The van der Waals surface area contributed by atoms with Gasteiger partial charge >= 0.3 is 0 Å². The van der Waals surface area contributed by atoms with Gasteiger partial charge in [0.1, 0.15) is 6.04 Å². The Morgan fingerprint density at radius 2 is 1.79 bits per heavy atom. The van der Waals surface area contributed by atoms with Crippen LogP contribution in [0.15, 0.2) is 24.3 Å². The molecule has 1 aromatic rings. The van der Waals surface area contributed by atoms with E-state index >= 15 is 0 Å². The molecule has 1 rings (SSSR count). The molecular weight excluding hydrogens is 300 g/mol. The number of carbonyl (C=O) groups is 2. The van der Waals surface area contributed by atoms with Crippen molar-refractivity contribution in [3.8, 4) is 0 Å². The summed E-state index contributed by atoms with van der Waals surface area (Å²) in [6, 6.07) is 7.00. The normalized spacial score (nSPS) is 13.4. The van der Waals surface area contributed by atoms with Gasteiger partial charge in [0.05, 0.1) is 0 Å². The summed E-state index contributed by atoms with van der Waals surface area (Å²) in [7, 11) is 0. The van der Waals surface area contributed by atoms with Crippen LogP contribution in [0.4, 0.5) is 0 Å². The molecule has 0 aliphatic carbocycles. The van der Waals surface area contributed by atoms with Crippen LogP contribution >= 0.6 is 0 Å². The van der Waals surface area contributed by atoms with Crippen LogP contribution in [-0.4, -0.2) is 23.9 Å². The number of hydrogen-bond donors (Lipinski definition) is 2. The molecule has 2 atom stereocenters. The van der Waals surface area contributed by atoms with Gasteiger partial charge in [-0.25, -0.2) is 0 Å². The molecule has 0 aliphatic rings. The Kier molecular flexibility index (Phi) is 8.51. The highest BCUT2D eigenvalue weighted by molar-refractivity contribution is 5.97. The van der Waals surface area contributed by atoms with Gasteiger partial charge in [-0.15, -0.1) is 0 Å².